The van der Waals surface area contributed by atoms with Crippen molar-refractivity contribution in [3.63, 3.8) is 0 Å². The molecule has 2 atom stereocenters. The number of benzene rings is 2. The number of hydrogen-bond donors (Lipinski definition) is 1. The summed E-state index contributed by atoms with van der Waals surface area (Å²) in [4.78, 5) is 18.5. The van der Waals surface area contributed by atoms with E-state index in [2.05, 4.69) is 14.9 Å². The first-order valence-electron chi connectivity index (χ1n) is 11.1. The molecule has 0 saturated carbocycles. The SMILES string of the molecule is COC(=O)c1ccc(-n2cccc2[C@H]2[C@H](c3ccccn3)NC(=S)N2c2ccc(F)c(C)c2)cc1. The third-order valence-electron chi connectivity index (χ3n) is 6.17. The Morgan fingerprint density at radius 3 is 2.51 bits per heavy atom. The Morgan fingerprint density at radius 2 is 1.83 bits per heavy atom. The van der Waals surface area contributed by atoms with E-state index in [9.17, 15) is 9.18 Å². The van der Waals surface area contributed by atoms with Gasteiger partial charge in [-0.05, 0) is 91.4 Å². The summed E-state index contributed by atoms with van der Waals surface area (Å²) in [6.07, 6.45) is 3.72. The number of rotatable bonds is 5. The number of hydrogen-bond acceptors (Lipinski definition) is 4. The number of aryl methyl sites for hydroxylation is 1. The van der Waals surface area contributed by atoms with Crippen LogP contribution in [0.2, 0.25) is 0 Å². The lowest BCUT2D eigenvalue weighted by Crippen LogP contribution is -2.30. The predicted octanol–water partition coefficient (Wildman–Crippen LogP) is 5.28. The Bertz CT molecular complexity index is 1390. The number of anilines is 1. The van der Waals surface area contributed by atoms with Gasteiger partial charge in [0, 0.05) is 29.5 Å². The maximum absolute atomic E-state index is 14.1. The highest BCUT2D eigenvalue weighted by molar-refractivity contribution is 7.80. The third-order valence-corrected chi connectivity index (χ3v) is 6.48. The number of nitrogens with one attached hydrogen (secondary N) is 1. The van der Waals surface area contributed by atoms with Crippen molar-refractivity contribution in [3.05, 3.63) is 114 Å². The number of esters is 1. The molecule has 1 aliphatic heterocycles. The molecule has 176 valence electrons. The molecular formula is C27H23FN4O2S. The van der Waals surface area contributed by atoms with Crippen LogP contribution in [0.4, 0.5) is 10.1 Å². The Labute approximate surface area is 208 Å². The summed E-state index contributed by atoms with van der Waals surface area (Å²) in [7, 11) is 1.36. The van der Waals surface area contributed by atoms with E-state index in [1.165, 1.54) is 13.2 Å². The Kier molecular flexibility index (Phi) is 6.05. The van der Waals surface area contributed by atoms with E-state index in [1.807, 2.05) is 53.6 Å². The van der Waals surface area contributed by atoms with E-state index in [4.69, 9.17) is 17.0 Å². The molecule has 8 heteroatoms. The lowest BCUT2D eigenvalue weighted by molar-refractivity contribution is 0.0600. The number of nitrogens with zero attached hydrogens (tertiary/aromatic N) is 3. The molecule has 1 saturated heterocycles. The largest absolute Gasteiger partial charge is 0.465 e. The van der Waals surface area contributed by atoms with E-state index in [-0.39, 0.29) is 23.9 Å². The molecule has 0 bridgehead atoms. The van der Waals surface area contributed by atoms with Gasteiger partial charge in [-0.2, -0.15) is 0 Å². The molecule has 0 spiro atoms. The number of pyridine rings is 1. The van der Waals surface area contributed by atoms with Crippen molar-refractivity contribution in [2.24, 2.45) is 0 Å². The number of thiocarbonyl (C=S) groups is 1. The van der Waals surface area contributed by atoms with E-state index < -0.39 is 0 Å². The molecule has 2 aromatic carbocycles. The van der Waals surface area contributed by atoms with Crippen molar-refractivity contribution >= 4 is 29.0 Å². The molecule has 0 unspecified atom stereocenters. The average Bonchev–Trinajstić information content (AvgIpc) is 3.50. The number of carbonyl (C=O) groups excluding carboxylic acids is 1. The highest BCUT2D eigenvalue weighted by atomic mass is 32.1. The van der Waals surface area contributed by atoms with Gasteiger partial charge in [0.25, 0.3) is 0 Å². The van der Waals surface area contributed by atoms with Gasteiger partial charge in [0.1, 0.15) is 11.9 Å². The molecule has 1 aliphatic rings. The molecule has 0 aliphatic carbocycles. The molecule has 6 nitrogen and oxygen atoms in total. The van der Waals surface area contributed by atoms with Crippen molar-refractivity contribution in [2.45, 2.75) is 19.0 Å². The standard InChI is InChI=1S/C27H23FN4O2S/c1-17-16-20(12-13-21(17)28)32-25(24(30-27(32)35)22-6-3-4-14-29-22)23-7-5-15-31(23)19-10-8-18(9-11-19)26(33)34-2/h3-16,24-25H,1-2H3,(H,30,35)/t24-,25-/m0/s1. The monoisotopic (exact) mass is 486 g/mol. The summed E-state index contributed by atoms with van der Waals surface area (Å²) >= 11 is 5.78. The second-order valence-electron chi connectivity index (χ2n) is 8.27. The van der Waals surface area contributed by atoms with Gasteiger partial charge in [-0.25, -0.2) is 9.18 Å². The summed E-state index contributed by atoms with van der Waals surface area (Å²) in [5.41, 5.74) is 4.49. The normalized spacial score (nSPS) is 17.3. The molecule has 35 heavy (non-hydrogen) atoms. The zero-order chi connectivity index (χ0) is 24.5. The van der Waals surface area contributed by atoms with Gasteiger partial charge in [0.15, 0.2) is 5.11 Å². The fourth-order valence-corrected chi connectivity index (χ4v) is 4.80. The summed E-state index contributed by atoms with van der Waals surface area (Å²) in [6, 6.07) is 21.5. The number of ether oxygens (including phenoxy) is 1. The third kappa shape index (κ3) is 4.17. The fourth-order valence-electron chi connectivity index (χ4n) is 4.46. The van der Waals surface area contributed by atoms with Gasteiger partial charge in [-0.1, -0.05) is 6.07 Å². The van der Waals surface area contributed by atoms with Crippen molar-refractivity contribution in [3.8, 4) is 5.69 Å². The van der Waals surface area contributed by atoms with Gasteiger partial charge in [0.05, 0.1) is 24.4 Å². The highest BCUT2D eigenvalue weighted by Crippen LogP contribution is 2.42. The highest BCUT2D eigenvalue weighted by Gasteiger charge is 2.42. The molecule has 1 N–H and O–H groups in total. The van der Waals surface area contributed by atoms with Crippen LogP contribution < -0.4 is 10.2 Å². The van der Waals surface area contributed by atoms with Crippen molar-refractivity contribution < 1.29 is 13.9 Å². The Morgan fingerprint density at radius 1 is 1.06 bits per heavy atom. The van der Waals surface area contributed by atoms with Crippen LogP contribution in [0.15, 0.2) is 85.2 Å². The lowest BCUT2D eigenvalue weighted by atomic mass is 10.0. The van der Waals surface area contributed by atoms with E-state index in [1.54, 1.807) is 37.4 Å². The summed E-state index contributed by atoms with van der Waals surface area (Å²) in [5, 5.41) is 3.96. The van der Waals surface area contributed by atoms with E-state index in [0.717, 1.165) is 22.8 Å². The van der Waals surface area contributed by atoms with E-state index >= 15 is 0 Å². The maximum Gasteiger partial charge on any atom is 0.337 e. The lowest BCUT2D eigenvalue weighted by Gasteiger charge is -2.29. The Balaban J connectivity index is 1.63. The summed E-state index contributed by atoms with van der Waals surface area (Å²) < 4.78 is 21.0. The van der Waals surface area contributed by atoms with Gasteiger partial charge in [0.2, 0.25) is 0 Å². The molecule has 5 rings (SSSR count). The summed E-state index contributed by atoms with van der Waals surface area (Å²) in [5.74, 6) is -0.651. The first-order chi connectivity index (χ1) is 17.0. The first kappa shape index (κ1) is 22.7. The van der Waals surface area contributed by atoms with Crippen LogP contribution in [-0.4, -0.2) is 27.7 Å². The van der Waals surface area contributed by atoms with Crippen LogP contribution in [0.5, 0.6) is 0 Å². The molecule has 2 aromatic heterocycles. The Hall–Kier alpha value is -4.04. The topological polar surface area (TPSA) is 59.4 Å². The zero-order valence-corrected chi connectivity index (χ0v) is 20.0. The molecule has 1 fully saturated rings. The van der Waals surface area contributed by atoms with Crippen LogP contribution in [0, 0.1) is 12.7 Å². The van der Waals surface area contributed by atoms with Crippen LogP contribution >= 0.6 is 12.2 Å². The average molecular weight is 487 g/mol. The van der Waals surface area contributed by atoms with Crippen molar-refractivity contribution in [1.82, 2.24) is 14.9 Å². The van der Waals surface area contributed by atoms with Gasteiger partial charge in [-0.3, -0.25) is 4.98 Å². The van der Waals surface area contributed by atoms with Gasteiger partial charge in [-0.15, -0.1) is 0 Å². The van der Waals surface area contributed by atoms with Crippen molar-refractivity contribution in [2.75, 3.05) is 12.0 Å². The van der Waals surface area contributed by atoms with Crippen LogP contribution in [0.3, 0.4) is 0 Å². The number of methoxy groups -OCH3 is 1. The van der Waals surface area contributed by atoms with Crippen molar-refractivity contribution in [1.29, 1.82) is 0 Å². The second-order valence-corrected chi connectivity index (χ2v) is 8.66. The van der Waals surface area contributed by atoms with Crippen LogP contribution in [0.25, 0.3) is 5.69 Å². The van der Waals surface area contributed by atoms with Gasteiger partial charge >= 0.3 is 5.97 Å². The minimum absolute atomic E-state index is 0.239. The minimum Gasteiger partial charge on any atom is -0.465 e. The molecule has 0 amide bonds. The zero-order valence-electron chi connectivity index (χ0n) is 19.2. The molecule has 0 radical (unpaired) electrons. The molecule has 4 aromatic rings. The maximum atomic E-state index is 14.1. The second kappa shape index (κ2) is 9.31. The smallest absolute Gasteiger partial charge is 0.337 e. The van der Waals surface area contributed by atoms with E-state index in [0.29, 0.717) is 16.2 Å². The number of aromatic nitrogens is 2. The van der Waals surface area contributed by atoms with Crippen LogP contribution in [0.1, 0.15) is 39.4 Å². The molecular weight excluding hydrogens is 463 g/mol. The number of carbonyl (C=O) groups is 1. The summed E-state index contributed by atoms with van der Waals surface area (Å²) in [6.45, 7) is 1.74. The minimum atomic E-state index is -0.386. The predicted molar refractivity (Wildman–Crippen MR) is 136 cm³/mol. The van der Waals surface area contributed by atoms with Gasteiger partial charge < -0.3 is 19.5 Å². The number of halogens is 1. The molecule has 3 heterocycles. The fraction of sp³-hybridized carbons (Fsp3) is 0.148. The van der Waals surface area contributed by atoms with Crippen LogP contribution in [-0.2, 0) is 4.74 Å². The quantitative estimate of drug-likeness (QED) is 0.306. The first-order valence-corrected chi connectivity index (χ1v) is 11.5.